The maximum Gasteiger partial charge on any atom is 0.446 e. The molecule has 0 spiro atoms. The third kappa shape index (κ3) is 6.35. The van der Waals surface area contributed by atoms with Crippen LogP contribution < -0.4 is 11.0 Å². The smallest absolute Gasteiger partial charge is 0.446 e. The highest BCUT2D eigenvalue weighted by Crippen LogP contribution is 2.37. The number of likely N-dealkylation sites (N-methyl/N-ethyl adjacent to an activating group) is 1. The number of hydrogen-bond donors (Lipinski definition) is 2. The van der Waals surface area contributed by atoms with Crippen molar-refractivity contribution in [3.05, 3.63) is 70.5 Å². The molecule has 1 unspecified atom stereocenters. The fourth-order valence-corrected chi connectivity index (χ4v) is 4.73. The molecule has 1 fully saturated rings. The van der Waals surface area contributed by atoms with Crippen molar-refractivity contribution >= 4 is 17.7 Å². The van der Waals surface area contributed by atoms with Crippen molar-refractivity contribution in [2.45, 2.75) is 23.5 Å². The largest absolute Gasteiger partial charge is 0.493 e. The van der Waals surface area contributed by atoms with Gasteiger partial charge in [-0.1, -0.05) is 0 Å². The van der Waals surface area contributed by atoms with Crippen LogP contribution in [0.4, 0.5) is 13.2 Å². The van der Waals surface area contributed by atoms with Crippen molar-refractivity contribution in [2.24, 2.45) is 0 Å². The first-order valence-corrected chi connectivity index (χ1v) is 12.3. The number of benzene rings is 1. The number of hydrogen-bond acceptors (Lipinski definition) is 7. The number of pyridine rings is 1. The predicted molar refractivity (Wildman–Crippen MR) is 133 cm³/mol. The van der Waals surface area contributed by atoms with Crippen molar-refractivity contribution in [1.29, 1.82) is 0 Å². The number of carbonyl (C=O) groups excluding carboxylic acids is 1. The summed E-state index contributed by atoms with van der Waals surface area (Å²) in [5, 5.41) is 13.7. The lowest BCUT2D eigenvalue weighted by Gasteiger charge is -2.32. The van der Waals surface area contributed by atoms with E-state index in [-0.39, 0.29) is 46.4 Å². The Morgan fingerprint density at radius 1 is 1.11 bits per heavy atom. The number of aromatic hydroxyl groups is 1. The number of carbonyl (C=O) groups is 1. The van der Waals surface area contributed by atoms with Crippen molar-refractivity contribution < 1.29 is 23.1 Å². The fourth-order valence-electron chi connectivity index (χ4n) is 4.19. The van der Waals surface area contributed by atoms with Gasteiger partial charge in [-0.3, -0.25) is 19.2 Å². The van der Waals surface area contributed by atoms with Gasteiger partial charge in [0.05, 0.1) is 17.9 Å². The second-order valence-corrected chi connectivity index (χ2v) is 9.91. The monoisotopic (exact) mass is 536 g/mol. The SMILES string of the molecule is Cc1c(O)n(-c2ccc(SC(F)(F)F)cc2)c(=O)n1C(NC(=O)CN1CCN(C)CC1)c1ccncc1. The van der Waals surface area contributed by atoms with E-state index in [1.165, 1.54) is 48.1 Å². The van der Waals surface area contributed by atoms with Crippen LogP contribution in [0.5, 0.6) is 5.88 Å². The van der Waals surface area contributed by atoms with Crippen LogP contribution >= 0.6 is 11.8 Å². The van der Waals surface area contributed by atoms with Gasteiger partial charge in [-0.25, -0.2) is 9.36 Å². The van der Waals surface area contributed by atoms with Crippen LogP contribution in [-0.2, 0) is 4.79 Å². The summed E-state index contributed by atoms with van der Waals surface area (Å²) in [6, 6.07) is 8.42. The van der Waals surface area contributed by atoms with Crippen molar-refractivity contribution in [1.82, 2.24) is 29.2 Å². The van der Waals surface area contributed by atoms with Crippen LogP contribution in [0.1, 0.15) is 17.4 Å². The third-order valence-corrected chi connectivity index (χ3v) is 6.90. The zero-order valence-electron chi connectivity index (χ0n) is 20.3. The maximum atomic E-state index is 13.5. The Morgan fingerprint density at radius 3 is 2.32 bits per heavy atom. The molecule has 0 aliphatic carbocycles. The number of nitrogens with one attached hydrogen (secondary N) is 1. The number of halogens is 3. The average molecular weight is 537 g/mol. The van der Waals surface area contributed by atoms with Crippen molar-refractivity contribution in [3.8, 4) is 11.6 Å². The highest BCUT2D eigenvalue weighted by atomic mass is 32.2. The molecular weight excluding hydrogens is 509 g/mol. The zero-order chi connectivity index (χ0) is 26.7. The van der Waals surface area contributed by atoms with Crippen molar-refractivity contribution in [3.63, 3.8) is 0 Å². The number of nitrogens with zero attached hydrogens (tertiary/aromatic N) is 5. The molecule has 3 heterocycles. The second kappa shape index (κ2) is 11.0. The van der Waals surface area contributed by atoms with Gasteiger partial charge in [0.1, 0.15) is 6.17 Å². The number of piperazine rings is 1. The Balaban J connectivity index is 1.66. The summed E-state index contributed by atoms with van der Waals surface area (Å²) in [6.07, 6.45) is 2.12. The quantitative estimate of drug-likeness (QED) is 0.448. The minimum absolute atomic E-state index is 0.0502. The molecule has 1 atom stereocenters. The maximum absolute atomic E-state index is 13.5. The van der Waals surface area contributed by atoms with E-state index < -0.39 is 17.4 Å². The van der Waals surface area contributed by atoms with Crippen LogP contribution in [0.15, 0.2) is 58.5 Å². The molecule has 2 N–H and O–H groups in total. The van der Waals surface area contributed by atoms with Gasteiger partial charge in [0.2, 0.25) is 11.8 Å². The van der Waals surface area contributed by atoms with E-state index in [0.29, 0.717) is 5.56 Å². The Morgan fingerprint density at radius 2 is 1.73 bits per heavy atom. The number of thioether (sulfide) groups is 1. The van der Waals surface area contributed by atoms with Gasteiger partial charge in [-0.05, 0) is 67.7 Å². The molecule has 0 saturated carbocycles. The topological polar surface area (TPSA) is 95.6 Å². The van der Waals surface area contributed by atoms with E-state index in [4.69, 9.17) is 0 Å². The lowest BCUT2D eigenvalue weighted by atomic mass is 10.2. The van der Waals surface area contributed by atoms with Gasteiger partial charge >= 0.3 is 11.2 Å². The number of aromatic nitrogens is 3. The number of imidazole rings is 1. The Kier molecular flexibility index (Phi) is 7.95. The highest BCUT2D eigenvalue weighted by Gasteiger charge is 2.30. The summed E-state index contributed by atoms with van der Waals surface area (Å²) >= 11 is -0.270. The predicted octanol–water partition coefficient (Wildman–Crippen LogP) is 2.57. The van der Waals surface area contributed by atoms with E-state index in [2.05, 4.69) is 15.2 Å². The molecule has 198 valence electrons. The first-order chi connectivity index (χ1) is 17.5. The van der Waals surface area contributed by atoms with E-state index in [1.54, 1.807) is 12.1 Å². The summed E-state index contributed by atoms with van der Waals surface area (Å²) < 4.78 is 40.3. The molecule has 9 nitrogen and oxygen atoms in total. The summed E-state index contributed by atoms with van der Waals surface area (Å²) in [5.41, 5.74) is -4.16. The summed E-state index contributed by atoms with van der Waals surface area (Å²) in [4.78, 5) is 34.7. The molecule has 1 amide bonds. The molecule has 2 aromatic heterocycles. The first-order valence-electron chi connectivity index (χ1n) is 11.5. The van der Waals surface area contributed by atoms with E-state index in [1.807, 2.05) is 11.9 Å². The number of alkyl halides is 3. The average Bonchev–Trinajstić information content (AvgIpc) is 3.07. The van der Waals surface area contributed by atoms with Crippen LogP contribution in [0.2, 0.25) is 0 Å². The van der Waals surface area contributed by atoms with Crippen LogP contribution in [0.25, 0.3) is 5.69 Å². The molecule has 1 aliphatic rings. The van der Waals surface area contributed by atoms with Gasteiger partial charge in [-0.15, -0.1) is 0 Å². The lowest BCUT2D eigenvalue weighted by molar-refractivity contribution is -0.123. The summed E-state index contributed by atoms with van der Waals surface area (Å²) in [5.74, 6) is -0.674. The van der Waals surface area contributed by atoms with Crippen molar-refractivity contribution in [2.75, 3.05) is 39.8 Å². The van der Waals surface area contributed by atoms with Gasteiger partial charge in [0.15, 0.2) is 0 Å². The molecular formula is C24H27F3N6O3S. The molecule has 1 aliphatic heterocycles. The minimum atomic E-state index is -4.44. The van der Waals surface area contributed by atoms with Gasteiger partial charge in [0.25, 0.3) is 0 Å². The Bertz CT molecular complexity index is 1290. The van der Waals surface area contributed by atoms with Gasteiger partial charge in [0, 0.05) is 43.5 Å². The van der Waals surface area contributed by atoms with E-state index in [9.17, 15) is 27.9 Å². The van der Waals surface area contributed by atoms with Gasteiger partial charge in [-0.2, -0.15) is 13.2 Å². The van der Waals surface area contributed by atoms with E-state index >= 15 is 0 Å². The standard InChI is InChI=1S/C24H27F3N6O3S/c1-16-22(35)33(18-3-5-19(6-4-18)37-24(25,26)27)23(36)32(16)21(17-7-9-28-10-8-17)29-20(34)15-31-13-11-30(2)12-14-31/h3-10,21,35H,11-15H2,1-2H3,(H,29,34). The Labute approximate surface area is 215 Å². The normalized spacial score (nSPS) is 16.0. The molecule has 1 aromatic carbocycles. The molecule has 0 bridgehead atoms. The minimum Gasteiger partial charge on any atom is -0.493 e. The molecule has 1 saturated heterocycles. The zero-order valence-corrected chi connectivity index (χ0v) is 21.1. The summed E-state index contributed by atoms with van der Waals surface area (Å²) in [7, 11) is 2.02. The number of amides is 1. The van der Waals surface area contributed by atoms with Gasteiger partial charge < -0.3 is 15.3 Å². The molecule has 4 rings (SSSR count). The third-order valence-electron chi connectivity index (χ3n) is 6.16. The van der Waals surface area contributed by atoms with Crippen LogP contribution in [-0.4, -0.2) is 80.2 Å². The second-order valence-electron chi connectivity index (χ2n) is 8.77. The van der Waals surface area contributed by atoms with Crippen LogP contribution in [0, 0.1) is 6.92 Å². The van der Waals surface area contributed by atoms with E-state index in [0.717, 1.165) is 30.7 Å². The first kappa shape index (κ1) is 26.8. The summed E-state index contributed by atoms with van der Waals surface area (Å²) in [6.45, 7) is 4.84. The molecule has 0 radical (unpaired) electrons. The van der Waals surface area contributed by atoms with Crippen LogP contribution in [0.3, 0.4) is 0 Å². The fraction of sp³-hybridized carbons (Fsp3) is 0.375. The lowest BCUT2D eigenvalue weighted by Crippen LogP contribution is -2.49. The highest BCUT2D eigenvalue weighted by molar-refractivity contribution is 8.00. The number of rotatable bonds is 7. The molecule has 3 aromatic rings. The molecule has 37 heavy (non-hydrogen) atoms. The Hall–Kier alpha value is -3.29. The molecule has 13 heteroatoms.